The van der Waals surface area contributed by atoms with Crippen LogP contribution in [0.15, 0.2) is 18.2 Å². The maximum absolute atomic E-state index is 12.3. The van der Waals surface area contributed by atoms with Crippen molar-refractivity contribution in [2.45, 2.75) is 64.3 Å². The zero-order chi connectivity index (χ0) is 15.6. The van der Waals surface area contributed by atoms with Crippen LogP contribution in [0, 0.1) is 5.92 Å². The van der Waals surface area contributed by atoms with E-state index in [2.05, 4.69) is 28.5 Å². The third-order valence-corrected chi connectivity index (χ3v) is 5.61. The summed E-state index contributed by atoms with van der Waals surface area (Å²) < 4.78 is 0. The predicted molar refractivity (Wildman–Crippen MR) is 93.4 cm³/mol. The molecule has 0 radical (unpaired) electrons. The van der Waals surface area contributed by atoms with Gasteiger partial charge in [-0.15, -0.1) is 0 Å². The molecule has 2 aliphatic rings. The van der Waals surface area contributed by atoms with Crippen molar-refractivity contribution in [1.29, 1.82) is 0 Å². The molecule has 0 saturated heterocycles. The lowest BCUT2D eigenvalue weighted by Gasteiger charge is -2.20. The molecule has 1 saturated carbocycles. The second kappa shape index (κ2) is 6.38. The minimum absolute atomic E-state index is 0.243. The van der Waals surface area contributed by atoms with Crippen LogP contribution in [0.25, 0.3) is 10.9 Å². The number of rotatable bonds is 3. The number of carbonyl (C=O) groups excluding carboxylic acids is 1. The van der Waals surface area contributed by atoms with E-state index in [0.717, 1.165) is 12.8 Å². The monoisotopic (exact) mass is 310 g/mol. The van der Waals surface area contributed by atoms with E-state index in [9.17, 15) is 4.79 Å². The Morgan fingerprint density at radius 2 is 1.91 bits per heavy atom. The Hall–Kier alpha value is -1.77. The molecule has 0 spiro atoms. The van der Waals surface area contributed by atoms with Crippen molar-refractivity contribution in [3.05, 3.63) is 35.0 Å². The molecule has 4 rings (SSSR count). The molecule has 1 fully saturated rings. The van der Waals surface area contributed by atoms with Crippen LogP contribution in [0.4, 0.5) is 0 Å². The molecular weight excluding hydrogens is 284 g/mol. The highest BCUT2D eigenvalue weighted by Crippen LogP contribution is 2.30. The minimum Gasteiger partial charge on any atom is -0.358 e. The Morgan fingerprint density at radius 3 is 2.78 bits per heavy atom. The molecule has 1 amide bonds. The van der Waals surface area contributed by atoms with Gasteiger partial charge in [-0.1, -0.05) is 25.3 Å². The number of carbonyl (C=O) groups is 1. The average Bonchev–Trinajstić information content (AvgIpc) is 2.98. The first-order chi connectivity index (χ1) is 11.3. The van der Waals surface area contributed by atoms with Crippen molar-refractivity contribution in [2.24, 2.45) is 5.92 Å². The van der Waals surface area contributed by atoms with Crippen molar-refractivity contribution in [1.82, 2.24) is 10.3 Å². The third kappa shape index (κ3) is 3.01. The van der Waals surface area contributed by atoms with Crippen molar-refractivity contribution < 1.29 is 4.79 Å². The van der Waals surface area contributed by atoms with Crippen molar-refractivity contribution in [3.63, 3.8) is 0 Å². The summed E-state index contributed by atoms with van der Waals surface area (Å²) in [6, 6.07) is 6.60. The van der Waals surface area contributed by atoms with E-state index in [0.29, 0.717) is 6.54 Å². The zero-order valence-corrected chi connectivity index (χ0v) is 13.8. The van der Waals surface area contributed by atoms with E-state index in [1.165, 1.54) is 72.7 Å². The largest absolute Gasteiger partial charge is 0.358 e. The second-order valence-electron chi connectivity index (χ2n) is 7.22. The fourth-order valence-corrected chi connectivity index (χ4v) is 4.26. The number of hydrogen-bond donors (Lipinski definition) is 2. The van der Waals surface area contributed by atoms with Crippen LogP contribution in [0.3, 0.4) is 0 Å². The molecule has 2 N–H and O–H groups in total. The summed E-state index contributed by atoms with van der Waals surface area (Å²) in [5.41, 5.74) is 5.40. The van der Waals surface area contributed by atoms with Gasteiger partial charge in [-0.25, -0.2) is 0 Å². The Balaban J connectivity index is 1.47. The van der Waals surface area contributed by atoms with Crippen LogP contribution in [0.5, 0.6) is 0 Å². The molecule has 0 aliphatic heterocycles. The highest BCUT2D eigenvalue weighted by Gasteiger charge is 2.21. The van der Waals surface area contributed by atoms with Gasteiger partial charge in [0.1, 0.15) is 0 Å². The maximum Gasteiger partial charge on any atom is 0.223 e. The average molecular weight is 310 g/mol. The molecule has 2 aromatic rings. The minimum atomic E-state index is 0.243. The van der Waals surface area contributed by atoms with Gasteiger partial charge in [-0.2, -0.15) is 0 Å². The first kappa shape index (κ1) is 14.8. The van der Waals surface area contributed by atoms with Gasteiger partial charge in [0.05, 0.1) is 0 Å². The number of amides is 1. The van der Waals surface area contributed by atoms with Gasteiger partial charge in [0, 0.05) is 29.1 Å². The Kier molecular flexibility index (Phi) is 4.11. The van der Waals surface area contributed by atoms with Gasteiger partial charge in [-0.3, -0.25) is 4.79 Å². The van der Waals surface area contributed by atoms with E-state index in [4.69, 9.17) is 0 Å². The standard InChI is InChI=1S/C20H26N2O/c23-20(15-6-2-1-3-7-15)21-13-14-10-11-19-17(12-14)16-8-4-5-9-18(16)22-19/h10-12,15,22H,1-9,13H2,(H,21,23). The molecule has 122 valence electrons. The van der Waals surface area contributed by atoms with Crippen molar-refractivity contribution in [2.75, 3.05) is 0 Å². The summed E-state index contributed by atoms with van der Waals surface area (Å²) in [5, 5.41) is 4.52. The summed E-state index contributed by atoms with van der Waals surface area (Å²) in [6.45, 7) is 0.658. The zero-order valence-electron chi connectivity index (χ0n) is 13.8. The number of hydrogen-bond acceptors (Lipinski definition) is 1. The van der Waals surface area contributed by atoms with Gasteiger partial charge in [0.25, 0.3) is 0 Å². The lowest BCUT2D eigenvalue weighted by atomic mass is 9.88. The number of fused-ring (bicyclic) bond motifs is 3. The van der Waals surface area contributed by atoms with Gasteiger partial charge in [-0.05, 0) is 61.8 Å². The highest BCUT2D eigenvalue weighted by atomic mass is 16.1. The molecule has 23 heavy (non-hydrogen) atoms. The molecule has 0 atom stereocenters. The molecule has 0 bridgehead atoms. The van der Waals surface area contributed by atoms with Gasteiger partial charge < -0.3 is 10.3 Å². The number of nitrogens with one attached hydrogen (secondary N) is 2. The topological polar surface area (TPSA) is 44.9 Å². The lowest BCUT2D eigenvalue weighted by Crippen LogP contribution is -2.31. The molecule has 1 heterocycles. The number of benzene rings is 1. The fourth-order valence-electron chi connectivity index (χ4n) is 4.26. The predicted octanol–water partition coefficient (Wildman–Crippen LogP) is 4.24. The van der Waals surface area contributed by atoms with Gasteiger partial charge in [0.2, 0.25) is 5.91 Å². The van der Waals surface area contributed by atoms with Crippen LogP contribution in [-0.2, 0) is 24.2 Å². The van der Waals surface area contributed by atoms with Crippen molar-refractivity contribution >= 4 is 16.8 Å². The molecule has 1 aromatic heterocycles. The number of aromatic amines is 1. The number of aromatic nitrogens is 1. The van der Waals surface area contributed by atoms with Crippen LogP contribution < -0.4 is 5.32 Å². The second-order valence-corrected chi connectivity index (χ2v) is 7.22. The maximum atomic E-state index is 12.3. The van der Waals surface area contributed by atoms with Crippen LogP contribution in [0.2, 0.25) is 0 Å². The first-order valence-corrected chi connectivity index (χ1v) is 9.21. The van der Waals surface area contributed by atoms with E-state index >= 15 is 0 Å². The van der Waals surface area contributed by atoms with E-state index in [1.807, 2.05) is 0 Å². The van der Waals surface area contributed by atoms with Gasteiger partial charge >= 0.3 is 0 Å². The van der Waals surface area contributed by atoms with E-state index < -0.39 is 0 Å². The summed E-state index contributed by atoms with van der Waals surface area (Å²) >= 11 is 0. The Bertz CT molecular complexity index is 710. The quantitative estimate of drug-likeness (QED) is 0.875. The molecule has 3 nitrogen and oxygen atoms in total. The molecule has 2 aliphatic carbocycles. The summed E-state index contributed by atoms with van der Waals surface area (Å²) in [5.74, 6) is 0.494. The van der Waals surface area contributed by atoms with E-state index in [-0.39, 0.29) is 11.8 Å². The van der Waals surface area contributed by atoms with Crippen LogP contribution >= 0.6 is 0 Å². The van der Waals surface area contributed by atoms with Crippen LogP contribution in [-0.4, -0.2) is 10.9 Å². The molecular formula is C20H26N2O. The normalized spacial score (nSPS) is 18.8. The van der Waals surface area contributed by atoms with Crippen molar-refractivity contribution in [3.8, 4) is 0 Å². The summed E-state index contributed by atoms with van der Waals surface area (Å²) in [6.07, 6.45) is 10.8. The summed E-state index contributed by atoms with van der Waals surface area (Å²) in [4.78, 5) is 15.9. The fraction of sp³-hybridized carbons (Fsp3) is 0.550. The molecule has 1 aromatic carbocycles. The van der Waals surface area contributed by atoms with Gasteiger partial charge in [0.15, 0.2) is 0 Å². The first-order valence-electron chi connectivity index (χ1n) is 9.21. The molecule has 3 heteroatoms. The number of H-pyrrole nitrogens is 1. The lowest BCUT2D eigenvalue weighted by molar-refractivity contribution is -0.126. The number of aryl methyl sites for hydroxylation is 2. The third-order valence-electron chi connectivity index (χ3n) is 5.61. The molecule has 0 unspecified atom stereocenters. The Labute approximate surface area is 137 Å². The summed E-state index contributed by atoms with van der Waals surface area (Å²) in [7, 11) is 0. The smallest absolute Gasteiger partial charge is 0.223 e. The highest BCUT2D eigenvalue weighted by molar-refractivity contribution is 5.86. The van der Waals surface area contributed by atoms with E-state index in [1.54, 1.807) is 0 Å². The van der Waals surface area contributed by atoms with Crippen LogP contribution in [0.1, 0.15) is 61.8 Å². The Morgan fingerprint density at radius 1 is 1.09 bits per heavy atom. The SMILES string of the molecule is O=C(NCc1ccc2[nH]c3c(c2c1)CCCC3)C1CCCCC1.